The second kappa shape index (κ2) is 11.4. The molecule has 1 saturated heterocycles. The molecule has 2 fully saturated rings. The number of nitrogens with zero attached hydrogens (tertiary/aromatic N) is 1. The Morgan fingerprint density at radius 1 is 1.11 bits per heavy atom. The molecule has 2 aliphatic rings. The van der Waals surface area contributed by atoms with Crippen molar-refractivity contribution in [2.24, 2.45) is 5.73 Å². The average molecular weight is 480 g/mol. The molecule has 0 unspecified atom stereocenters. The van der Waals surface area contributed by atoms with E-state index < -0.39 is 11.8 Å². The molecule has 0 radical (unpaired) electrons. The van der Waals surface area contributed by atoms with Crippen molar-refractivity contribution in [2.75, 3.05) is 33.4 Å². The second-order valence-corrected chi connectivity index (χ2v) is 9.12. The molecule has 0 aromatic heterocycles. The average Bonchev–Trinajstić information content (AvgIpc) is 3.65. The van der Waals surface area contributed by atoms with Gasteiger partial charge in [0.25, 0.3) is 0 Å². The summed E-state index contributed by atoms with van der Waals surface area (Å²) in [5.41, 5.74) is 7.76. The topological polar surface area (TPSA) is 111 Å². The Hall–Kier alpha value is -3.39. The van der Waals surface area contributed by atoms with Gasteiger partial charge in [-0.05, 0) is 48.6 Å². The first-order chi connectivity index (χ1) is 17.0. The van der Waals surface area contributed by atoms with Crippen LogP contribution in [0.15, 0.2) is 48.5 Å². The van der Waals surface area contributed by atoms with Gasteiger partial charge >= 0.3 is 0 Å². The van der Waals surface area contributed by atoms with E-state index in [1.807, 2.05) is 24.3 Å². The standard InChI is InChI=1S/C27H33N3O5/c1-34-19-11-9-18(10-12-19)23-17-24(23)29-25(31)8-4-7-22(27(33)30-13-15-35-16-14-30)20-5-2-3-6-21(20)26(28)32/h2-3,5-6,9-12,22-24H,4,7-8,13-17H2,1H3,(H2,28,32)(H,29,31)/t22-,23-,24+/m0/s1. The zero-order valence-corrected chi connectivity index (χ0v) is 20.1. The van der Waals surface area contributed by atoms with Gasteiger partial charge in [-0.3, -0.25) is 14.4 Å². The van der Waals surface area contributed by atoms with Crippen LogP contribution >= 0.6 is 0 Å². The highest BCUT2D eigenvalue weighted by Crippen LogP contribution is 2.41. The summed E-state index contributed by atoms with van der Waals surface area (Å²) in [5.74, 6) is -0.0260. The van der Waals surface area contributed by atoms with Crippen molar-refractivity contribution in [1.82, 2.24) is 10.2 Å². The molecule has 1 aliphatic heterocycles. The molecule has 8 heteroatoms. The third-order valence-corrected chi connectivity index (χ3v) is 6.80. The molecule has 186 valence electrons. The number of nitrogens with two attached hydrogens (primary N) is 1. The van der Waals surface area contributed by atoms with Crippen LogP contribution in [-0.2, 0) is 14.3 Å². The fraction of sp³-hybridized carbons (Fsp3) is 0.444. The molecule has 0 bridgehead atoms. The van der Waals surface area contributed by atoms with Crippen molar-refractivity contribution in [3.05, 3.63) is 65.2 Å². The van der Waals surface area contributed by atoms with E-state index in [1.54, 1.807) is 36.3 Å². The molecule has 3 amide bonds. The SMILES string of the molecule is COc1ccc([C@@H]2C[C@H]2NC(=O)CCC[C@H](C(=O)N2CCOCC2)c2ccccc2C(N)=O)cc1. The molecule has 8 nitrogen and oxygen atoms in total. The summed E-state index contributed by atoms with van der Waals surface area (Å²) in [6.45, 7) is 2.02. The molecule has 0 spiro atoms. The van der Waals surface area contributed by atoms with Crippen molar-refractivity contribution in [2.45, 2.75) is 43.6 Å². The van der Waals surface area contributed by atoms with Crippen LogP contribution in [0, 0.1) is 0 Å². The minimum atomic E-state index is -0.559. The van der Waals surface area contributed by atoms with Crippen LogP contribution in [0.5, 0.6) is 5.75 Å². The summed E-state index contributed by atoms with van der Waals surface area (Å²) < 4.78 is 10.6. The van der Waals surface area contributed by atoms with Crippen LogP contribution in [0.25, 0.3) is 0 Å². The summed E-state index contributed by atoms with van der Waals surface area (Å²) in [7, 11) is 1.64. The number of carbonyl (C=O) groups is 3. The van der Waals surface area contributed by atoms with Crippen molar-refractivity contribution in [3.63, 3.8) is 0 Å². The Kier molecular flexibility index (Phi) is 8.02. The normalized spacial score (nSPS) is 20.1. The lowest BCUT2D eigenvalue weighted by atomic mass is 9.88. The first kappa shape index (κ1) is 24.7. The van der Waals surface area contributed by atoms with Gasteiger partial charge in [-0.1, -0.05) is 30.3 Å². The molecule has 1 aliphatic carbocycles. The summed E-state index contributed by atoms with van der Waals surface area (Å²) in [6.07, 6.45) is 2.22. The molecule has 1 heterocycles. The predicted molar refractivity (Wildman–Crippen MR) is 131 cm³/mol. The van der Waals surface area contributed by atoms with Crippen LogP contribution < -0.4 is 15.8 Å². The number of rotatable bonds is 10. The van der Waals surface area contributed by atoms with Crippen LogP contribution in [0.4, 0.5) is 0 Å². The third kappa shape index (κ3) is 6.19. The fourth-order valence-corrected chi connectivity index (χ4v) is 4.76. The molecular formula is C27H33N3O5. The van der Waals surface area contributed by atoms with Gasteiger partial charge in [-0.15, -0.1) is 0 Å². The van der Waals surface area contributed by atoms with Crippen LogP contribution in [0.3, 0.4) is 0 Å². The highest BCUT2D eigenvalue weighted by molar-refractivity contribution is 5.97. The Labute approximate surface area is 205 Å². The molecule has 35 heavy (non-hydrogen) atoms. The van der Waals surface area contributed by atoms with Gasteiger partial charge in [0.1, 0.15) is 5.75 Å². The zero-order chi connectivity index (χ0) is 24.8. The Bertz CT molecular complexity index is 1050. The summed E-state index contributed by atoms with van der Waals surface area (Å²) >= 11 is 0. The van der Waals surface area contributed by atoms with E-state index in [4.69, 9.17) is 15.2 Å². The highest BCUT2D eigenvalue weighted by Gasteiger charge is 2.39. The molecule has 2 aromatic carbocycles. The first-order valence-corrected chi connectivity index (χ1v) is 12.2. The Balaban J connectivity index is 1.35. The lowest BCUT2D eigenvalue weighted by Gasteiger charge is -2.31. The molecule has 2 aromatic rings. The Morgan fingerprint density at radius 3 is 2.51 bits per heavy atom. The van der Waals surface area contributed by atoms with Crippen molar-refractivity contribution in [3.8, 4) is 5.75 Å². The van der Waals surface area contributed by atoms with Gasteiger partial charge < -0.3 is 25.4 Å². The number of hydrogen-bond acceptors (Lipinski definition) is 5. The lowest BCUT2D eigenvalue weighted by Crippen LogP contribution is -2.43. The highest BCUT2D eigenvalue weighted by atomic mass is 16.5. The summed E-state index contributed by atoms with van der Waals surface area (Å²) in [4.78, 5) is 39.8. The number of methoxy groups -OCH3 is 1. The van der Waals surface area contributed by atoms with Crippen molar-refractivity contribution < 1.29 is 23.9 Å². The van der Waals surface area contributed by atoms with Crippen LogP contribution in [0.1, 0.15) is 59.0 Å². The number of primary amides is 1. The van der Waals surface area contributed by atoms with E-state index in [9.17, 15) is 14.4 Å². The summed E-state index contributed by atoms with van der Waals surface area (Å²) in [6, 6.07) is 15.1. The van der Waals surface area contributed by atoms with Crippen LogP contribution in [0.2, 0.25) is 0 Å². The second-order valence-electron chi connectivity index (χ2n) is 9.12. The van der Waals surface area contributed by atoms with Crippen LogP contribution in [-0.4, -0.2) is 62.1 Å². The van der Waals surface area contributed by atoms with E-state index in [0.29, 0.717) is 62.6 Å². The number of hydrogen-bond donors (Lipinski definition) is 2. The number of nitrogens with one attached hydrogen (secondary N) is 1. The van der Waals surface area contributed by atoms with Gasteiger partial charge in [0.2, 0.25) is 17.7 Å². The lowest BCUT2D eigenvalue weighted by molar-refractivity contribution is -0.137. The molecular weight excluding hydrogens is 446 g/mol. The van der Waals surface area contributed by atoms with E-state index in [1.165, 1.54) is 5.56 Å². The molecule has 3 N–H and O–H groups in total. The van der Waals surface area contributed by atoms with E-state index in [2.05, 4.69) is 5.32 Å². The predicted octanol–water partition coefficient (Wildman–Crippen LogP) is 2.58. The maximum atomic E-state index is 13.4. The number of morpholine rings is 1. The van der Waals surface area contributed by atoms with E-state index in [0.717, 1.165) is 12.2 Å². The maximum Gasteiger partial charge on any atom is 0.249 e. The number of benzene rings is 2. The smallest absolute Gasteiger partial charge is 0.249 e. The van der Waals surface area contributed by atoms with E-state index in [-0.39, 0.29) is 17.9 Å². The van der Waals surface area contributed by atoms with E-state index >= 15 is 0 Å². The molecule has 3 atom stereocenters. The van der Waals surface area contributed by atoms with Crippen molar-refractivity contribution >= 4 is 17.7 Å². The van der Waals surface area contributed by atoms with Gasteiger partial charge in [-0.25, -0.2) is 0 Å². The quantitative estimate of drug-likeness (QED) is 0.544. The Morgan fingerprint density at radius 2 is 1.83 bits per heavy atom. The van der Waals surface area contributed by atoms with Gasteiger partial charge in [0, 0.05) is 37.0 Å². The molecule has 1 saturated carbocycles. The molecule has 4 rings (SSSR count). The largest absolute Gasteiger partial charge is 0.497 e. The maximum absolute atomic E-state index is 13.4. The fourth-order valence-electron chi connectivity index (χ4n) is 4.76. The zero-order valence-electron chi connectivity index (χ0n) is 20.1. The van der Waals surface area contributed by atoms with Gasteiger partial charge in [0.15, 0.2) is 0 Å². The number of ether oxygens (including phenoxy) is 2. The van der Waals surface area contributed by atoms with Crippen molar-refractivity contribution in [1.29, 1.82) is 0 Å². The monoisotopic (exact) mass is 479 g/mol. The minimum absolute atomic E-state index is 0.0215. The number of amides is 3. The van der Waals surface area contributed by atoms with Gasteiger partial charge in [-0.2, -0.15) is 0 Å². The minimum Gasteiger partial charge on any atom is -0.497 e. The number of carbonyl (C=O) groups excluding carboxylic acids is 3. The first-order valence-electron chi connectivity index (χ1n) is 12.2. The van der Waals surface area contributed by atoms with Gasteiger partial charge in [0.05, 0.1) is 26.2 Å². The summed E-state index contributed by atoms with van der Waals surface area (Å²) in [5, 5.41) is 3.11. The third-order valence-electron chi connectivity index (χ3n) is 6.80.